The van der Waals surface area contributed by atoms with Gasteiger partial charge in [-0.3, -0.25) is 9.36 Å². The minimum Gasteiger partial charge on any atom is -0.505 e. The lowest BCUT2D eigenvalue weighted by molar-refractivity contribution is 0.445. The number of aromatic hydroxyl groups is 1. The van der Waals surface area contributed by atoms with Crippen molar-refractivity contribution in [3.63, 3.8) is 0 Å². The molecule has 7 heteroatoms. The Morgan fingerprint density at radius 1 is 0.912 bits per heavy atom. The molecular weight excluding hydrogens is 453 g/mol. The highest BCUT2D eigenvalue weighted by molar-refractivity contribution is 7.99. The van der Waals surface area contributed by atoms with Crippen molar-refractivity contribution in [1.82, 2.24) is 4.57 Å². The molecule has 5 nitrogen and oxygen atoms in total. The van der Waals surface area contributed by atoms with Crippen LogP contribution in [0.4, 0.5) is 4.39 Å². The molecule has 2 aromatic heterocycles. The Morgan fingerprint density at radius 3 is 2.26 bits per heavy atom. The topological polar surface area (TPSA) is 72.4 Å². The standard InChI is InChI=1S/C27H18FNO4S/c1-16-22(17-9-4-2-5-10-17)29(19-12-8-11-18(28)15-19)26(31)21-23(30)25(27(32)33-24(16)21)34-20-13-6-3-7-14-20/h2-15,30H,1H3. The third-order valence-electron chi connectivity index (χ3n) is 5.47. The van der Waals surface area contributed by atoms with Crippen LogP contribution in [0.5, 0.6) is 5.75 Å². The molecule has 1 N–H and O–H groups in total. The van der Waals surface area contributed by atoms with Crippen LogP contribution in [0.25, 0.3) is 27.9 Å². The van der Waals surface area contributed by atoms with Crippen molar-refractivity contribution in [2.75, 3.05) is 0 Å². The number of rotatable bonds is 4. The van der Waals surface area contributed by atoms with E-state index in [0.717, 1.165) is 11.8 Å². The minimum absolute atomic E-state index is 0.00332. The first-order valence-electron chi connectivity index (χ1n) is 10.5. The maximum atomic E-state index is 14.1. The Labute approximate surface area is 197 Å². The summed E-state index contributed by atoms with van der Waals surface area (Å²) in [5.41, 5.74) is 0.495. The molecule has 168 valence electrons. The van der Waals surface area contributed by atoms with Crippen LogP contribution < -0.4 is 11.2 Å². The van der Waals surface area contributed by atoms with Crippen molar-refractivity contribution in [3.8, 4) is 22.7 Å². The molecular formula is C27H18FNO4S. The minimum atomic E-state index is -0.746. The first-order valence-corrected chi connectivity index (χ1v) is 11.3. The third-order valence-corrected chi connectivity index (χ3v) is 6.54. The average molecular weight is 472 g/mol. The largest absolute Gasteiger partial charge is 0.505 e. The molecule has 0 aliphatic heterocycles. The van der Waals surface area contributed by atoms with Gasteiger partial charge in [-0.15, -0.1) is 0 Å². The molecule has 0 bridgehead atoms. The Morgan fingerprint density at radius 2 is 1.59 bits per heavy atom. The van der Waals surface area contributed by atoms with Gasteiger partial charge < -0.3 is 9.52 Å². The van der Waals surface area contributed by atoms with Crippen molar-refractivity contribution in [1.29, 1.82) is 0 Å². The lowest BCUT2D eigenvalue weighted by Crippen LogP contribution is -2.23. The van der Waals surface area contributed by atoms with E-state index in [1.807, 2.05) is 24.3 Å². The Kier molecular flexibility index (Phi) is 5.55. The van der Waals surface area contributed by atoms with E-state index in [9.17, 15) is 19.1 Å². The monoisotopic (exact) mass is 471 g/mol. The summed E-state index contributed by atoms with van der Waals surface area (Å²) in [5.74, 6) is -0.969. The SMILES string of the molecule is Cc1c(-c2ccccc2)n(-c2cccc(F)c2)c(=O)c2c(O)c(Sc3ccccc3)c(=O)oc12. The van der Waals surface area contributed by atoms with Crippen LogP contribution in [0, 0.1) is 12.7 Å². The van der Waals surface area contributed by atoms with Crippen LogP contribution >= 0.6 is 11.8 Å². The fourth-order valence-electron chi connectivity index (χ4n) is 3.96. The molecule has 5 aromatic rings. The average Bonchev–Trinajstić information content (AvgIpc) is 2.84. The molecule has 0 aliphatic carbocycles. The molecule has 0 atom stereocenters. The molecule has 0 radical (unpaired) electrons. The second-order valence-corrected chi connectivity index (χ2v) is 8.73. The lowest BCUT2D eigenvalue weighted by Gasteiger charge is -2.18. The summed E-state index contributed by atoms with van der Waals surface area (Å²) in [6.07, 6.45) is 0. The smallest absolute Gasteiger partial charge is 0.354 e. The summed E-state index contributed by atoms with van der Waals surface area (Å²) < 4.78 is 21.1. The van der Waals surface area contributed by atoms with Crippen LogP contribution in [0.1, 0.15) is 5.56 Å². The van der Waals surface area contributed by atoms with Gasteiger partial charge in [0.25, 0.3) is 5.56 Å². The molecule has 0 saturated heterocycles. The number of aryl methyl sites for hydroxylation is 1. The molecule has 0 spiro atoms. The van der Waals surface area contributed by atoms with Crippen molar-refractivity contribution in [2.24, 2.45) is 0 Å². The maximum absolute atomic E-state index is 14.1. The van der Waals surface area contributed by atoms with Crippen molar-refractivity contribution < 1.29 is 13.9 Å². The summed E-state index contributed by atoms with van der Waals surface area (Å²) in [6, 6.07) is 23.7. The molecule has 0 aliphatic rings. The number of aromatic nitrogens is 1. The molecule has 2 heterocycles. The van der Waals surface area contributed by atoms with Crippen LogP contribution in [-0.2, 0) is 0 Å². The van der Waals surface area contributed by atoms with Crippen molar-refractivity contribution in [2.45, 2.75) is 16.7 Å². The Bertz CT molecular complexity index is 1640. The summed E-state index contributed by atoms with van der Waals surface area (Å²) in [5, 5.41) is 11.0. The second-order valence-electron chi connectivity index (χ2n) is 7.65. The van der Waals surface area contributed by atoms with Crippen LogP contribution in [0.3, 0.4) is 0 Å². The van der Waals surface area contributed by atoms with Gasteiger partial charge in [0.05, 0.1) is 11.4 Å². The zero-order chi connectivity index (χ0) is 23.8. The van der Waals surface area contributed by atoms with Gasteiger partial charge in [-0.2, -0.15) is 0 Å². The second kappa shape index (κ2) is 8.68. The van der Waals surface area contributed by atoms with Gasteiger partial charge in [0.2, 0.25) is 0 Å². The number of fused-ring (bicyclic) bond motifs is 1. The summed E-state index contributed by atoms with van der Waals surface area (Å²) in [7, 11) is 0. The predicted molar refractivity (Wildman–Crippen MR) is 130 cm³/mol. The van der Waals surface area contributed by atoms with Gasteiger partial charge in [-0.1, -0.05) is 66.4 Å². The number of halogens is 1. The first-order chi connectivity index (χ1) is 16.5. The van der Waals surface area contributed by atoms with Crippen molar-refractivity contribution in [3.05, 3.63) is 117 Å². The van der Waals surface area contributed by atoms with Gasteiger partial charge >= 0.3 is 5.63 Å². The molecule has 0 unspecified atom stereocenters. The zero-order valence-electron chi connectivity index (χ0n) is 18.0. The number of benzene rings is 3. The van der Waals surface area contributed by atoms with Gasteiger partial charge in [0.1, 0.15) is 16.1 Å². The fourth-order valence-corrected chi connectivity index (χ4v) is 4.81. The number of hydrogen-bond acceptors (Lipinski definition) is 5. The fraction of sp³-hybridized carbons (Fsp3) is 0.0370. The Hall–Kier alpha value is -4.10. The van der Waals surface area contributed by atoms with E-state index in [4.69, 9.17) is 4.42 Å². The summed E-state index contributed by atoms with van der Waals surface area (Å²) >= 11 is 1.01. The lowest BCUT2D eigenvalue weighted by atomic mass is 10.0. The van der Waals surface area contributed by atoms with E-state index in [1.165, 1.54) is 22.8 Å². The first kappa shape index (κ1) is 21.7. The van der Waals surface area contributed by atoms with E-state index in [1.54, 1.807) is 49.4 Å². The van der Waals surface area contributed by atoms with Gasteiger partial charge in [0, 0.05) is 10.5 Å². The van der Waals surface area contributed by atoms with E-state index < -0.39 is 22.8 Å². The molecule has 34 heavy (non-hydrogen) atoms. The molecule has 0 fully saturated rings. The highest BCUT2D eigenvalue weighted by Crippen LogP contribution is 2.38. The molecule has 0 amide bonds. The quantitative estimate of drug-likeness (QED) is 0.353. The number of pyridine rings is 1. The summed E-state index contributed by atoms with van der Waals surface area (Å²) in [6.45, 7) is 1.70. The number of hydrogen-bond donors (Lipinski definition) is 1. The normalized spacial score (nSPS) is 11.1. The van der Waals surface area contributed by atoms with Gasteiger partial charge in [0.15, 0.2) is 11.3 Å². The van der Waals surface area contributed by atoms with E-state index >= 15 is 0 Å². The van der Waals surface area contributed by atoms with Crippen LogP contribution in [-0.4, -0.2) is 9.67 Å². The molecule has 5 rings (SSSR count). The van der Waals surface area contributed by atoms with E-state index in [2.05, 4.69) is 0 Å². The van der Waals surface area contributed by atoms with Crippen LogP contribution in [0.15, 0.2) is 109 Å². The summed E-state index contributed by atoms with van der Waals surface area (Å²) in [4.78, 5) is 27.3. The van der Waals surface area contributed by atoms with Gasteiger partial charge in [-0.05, 0) is 42.8 Å². The number of nitrogens with zero attached hydrogens (tertiary/aromatic N) is 1. The predicted octanol–water partition coefficient (Wildman–Crippen LogP) is 5.92. The molecule has 3 aromatic carbocycles. The van der Waals surface area contributed by atoms with Gasteiger partial charge in [-0.25, -0.2) is 9.18 Å². The molecule has 0 saturated carbocycles. The van der Waals surface area contributed by atoms with Crippen LogP contribution in [0.2, 0.25) is 0 Å². The third kappa shape index (κ3) is 3.70. The zero-order valence-corrected chi connectivity index (χ0v) is 18.8. The van der Waals surface area contributed by atoms with E-state index in [0.29, 0.717) is 21.7 Å². The highest BCUT2D eigenvalue weighted by atomic mass is 32.2. The highest BCUT2D eigenvalue weighted by Gasteiger charge is 2.25. The Balaban J connectivity index is 1.89. The van der Waals surface area contributed by atoms with Crippen molar-refractivity contribution >= 4 is 22.7 Å². The maximum Gasteiger partial charge on any atom is 0.354 e. The van der Waals surface area contributed by atoms with E-state index in [-0.39, 0.29) is 21.6 Å².